The Labute approximate surface area is 170 Å². The highest BCUT2D eigenvalue weighted by Crippen LogP contribution is 2.54. The van der Waals surface area contributed by atoms with Crippen LogP contribution in [0.1, 0.15) is 12.0 Å². The normalized spacial score (nSPS) is 23.8. The topological polar surface area (TPSA) is 105 Å². The predicted octanol–water partition coefficient (Wildman–Crippen LogP) is 1.75. The molecule has 1 saturated heterocycles. The number of fused-ring (bicyclic) bond motifs is 1. The number of rotatable bonds is 7. The molecule has 7 nitrogen and oxygen atoms in total. The van der Waals surface area contributed by atoms with E-state index in [9.17, 15) is 13.2 Å². The van der Waals surface area contributed by atoms with Gasteiger partial charge in [0.2, 0.25) is 15.9 Å². The van der Waals surface area contributed by atoms with E-state index in [-0.39, 0.29) is 5.91 Å². The molecular weight excluding hydrogens is 388 g/mol. The molecule has 0 spiro atoms. The molecule has 8 heteroatoms. The summed E-state index contributed by atoms with van der Waals surface area (Å²) in [6, 6.07) is 12.1. The SMILES string of the molecule is Nc1ccc(/C=C/C(=O)NCCC2[C@H]3CN(S(=O)(=O)c4ccccc4)C[C@@H]23)cn1. The third-order valence-electron chi connectivity index (χ3n) is 5.73. The number of amides is 1. The summed E-state index contributed by atoms with van der Waals surface area (Å²) in [6.07, 6.45) is 5.66. The van der Waals surface area contributed by atoms with Gasteiger partial charge in [-0.1, -0.05) is 18.2 Å². The Balaban J connectivity index is 1.20. The zero-order valence-electron chi connectivity index (χ0n) is 15.9. The first-order valence-corrected chi connectivity index (χ1v) is 11.1. The van der Waals surface area contributed by atoms with E-state index in [1.807, 2.05) is 6.07 Å². The molecule has 2 heterocycles. The largest absolute Gasteiger partial charge is 0.384 e. The fraction of sp³-hybridized carbons (Fsp3) is 0.333. The van der Waals surface area contributed by atoms with Crippen LogP contribution in [0.5, 0.6) is 0 Å². The molecule has 1 aromatic carbocycles. The van der Waals surface area contributed by atoms with Gasteiger partial charge in [-0.15, -0.1) is 0 Å². The van der Waals surface area contributed by atoms with Gasteiger partial charge in [0.05, 0.1) is 4.90 Å². The number of benzene rings is 1. The Bertz CT molecular complexity index is 994. The molecule has 1 unspecified atom stereocenters. The van der Waals surface area contributed by atoms with E-state index in [2.05, 4.69) is 10.3 Å². The Morgan fingerprint density at radius 1 is 1.17 bits per heavy atom. The molecular formula is C21H24N4O3S. The summed E-state index contributed by atoms with van der Waals surface area (Å²) in [5.41, 5.74) is 6.34. The van der Waals surface area contributed by atoms with E-state index < -0.39 is 10.0 Å². The molecule has 29 heavy (non-hydrogen) atoms. The number of pyridine rings is 1. The summed E-state index contributed by atoms with van der Waals surface area (Å²) in [7, 11) is -3.39. The maximum atomic E-state index is 12.7. The lowest BCUT2D eigenvalue weighted by Crippen LogP contribution is -2.32. The lowest BCUT2D eigenvalue weighted by atomic mass is 10.2. The van der Waals surface area contributed by atoms with Gasteiger partial charge in [-0.3, -0.25) is 4.79 Å². The molecule has 2 aliphatic rings. The fourth-order valence-corrected chi connectivity index (χ4v) is 5.62. The molecule has 1 amide bonds. The molecule has 0 radical (unpaired) electrons. The van der Waals surface area contributed by atoms with Crippen molar-refractivity contribution in [1.29, 1.82) is 0 Å². The van der Waals surface area contributed by atoms with Crippen molar-refractivity contribution in [2.45, 2.75) is 11.3 Å². The summed E-state index contributed by atoms with van der Waals surface area (Å²) in [5, 5.41) is 2.89. The van der Waals surface area contributed by atoms with Crippen LogP contribution >= 0.6 is 0 Å². The van der Waals surface area contributed by atoms with Crippen molar-refractivity contribution in [3.05, 3.63) is 60.3 Å². The van der Waals surface area contributed by atoms with Crippen molar-refractivity contribution in [1.82, 2.24) is 14.6 Å². The summed E-state index contributed by atoms with van der Waals surface area (Å²) in [4.78, 5) is 16.3. The highest BCUT2D eigenvalue weighted by Gasteiger charge is 2.57. The van der Waals surface area contributed by atoms with Gasteiger partial charge in [0.1, 0.15) is 5.82 Å². The van der Waals surface area contributed by atoms with Crippen LogP contribution in [-0.2, 0) is 14.8 Å². The number of nitrogens with zero attached hydrogens (tertiary/aromatic N) is 2. The molecule has 3 atom stereocenters. The molecule has 1 aliphatic carbocycles. The third-order valence-corrected chi connectivity index (χ3v) is 7.58. The average molecular weight is 413 g/mol. The number of sulfonamides is 1. The fourth-order valence-electron chi connectivity index (χ4n) is 4.08. The van der Waals surface area contributed by atoms with Crippen LogP contribution in [0, 0.1) is 17.8 Å². The number of hydrogen-bond acceptors (Lipinski definition) is 5. The van der Waals surface area contributed by atoms with Crippen molar-refractivity contribution in [3.63, 3.8) is 0 Å². The van der Waals surface area contributed by atoms with E-state index >= 15 is 0 Å². The first-order valence-electron chi connectivity index (χ1n) is 9.68. The minimum Gasteiger partial charge on any atom is -0.384 e. The standard InChI is InChI=1S/C21H24N4O3S/c22-20-8-6-15(12-24-20)7-9-21(26)23-11-10-17-18-13-25(14-19(17)18)29(27,28)16-4-2-1-3-5-16/h1-9,12,17-19H,10-11,13-14H2,(H2,22,24)(H,23,26)/b9-7+/t17?,18-,19+. The molecule has 1 saturated carbocycles. The quantitative estimate of drug-likeness (QED) is 0.674. The number of nitrogen functional groups attached to an aromatic ring is 1. The van der Waals surface area contributed by atoms with Crippen LogP contribution < -0.4 is 11.1 Å². The summed E-state index contributed by atoms with van der Waals surface area (Å²) < 4.78 is 26.9. The van der Waals surface area contributed by atoms with Crippen LogP contribution in [0.3, 0.4) is 0 Å². The van der Waals surface area contributed by atoms with Crippen LogP contribution in [-0.4, -0.2) is 43.2 Å². The minimum absolute atomic E-state index is 0.152. The second-order valence-electron chi connectivity index (χ2n) is 7.56. The lowest BCUT2D eigenvalue weighted by molar-refractivity contribution is -0.116. The zero-order chi connectivity index (χ0) is 20.4. The van der Waals surface area contributed by atoms with Gasteiger partial charge in [0.25, 0.3) is 0 Å². The van der Waals surface area contributed by atoms with E-state index in [0.29, 0.717) is 48.1 Å². The maximum Gasteiger partial charge on any atom is 0.244 e. The molecule has 4 rings (SSSR count). The number of carbonyl (C=O) groups is 1. The van der Waals surface area contributed by atoms with Crippen molar-refractivity contribution >= 4 is 27.8 Å². The summed E-state index contributed by atoms with van der Waals surface area (Å²) in [6.45, 7) is 1.74. The first kappa shape index (κ1) is 19.6. The van der Waals surface area contributed by atoms with Crippen molar-refractivity contribution in [2.24, 2.45) is 17.8 Å². The van der Waals surface area contributed by atoms with Gasteiger partial charge in [0.15, 0.2) is 0 Å². The number of carbonyl (C=O) groups excluding carboxylic acids is 1. The summed E-state index contributed by atoms with van der Waals surface area (Å²) in [5.74, 6) is 1.59. The van der Waals surface area contributed by atoms with Gasteiger partial charge in [0, 0.05) is 31.9 Å². The monoisotopic (exact) mass is 412 g/mol. The Hall–Kier alpha value is -2.71. The van der Waals surface area contributed by atoms with E-state index in [1.54, 1.807) is 53.0 Å². The number of aromatic nitrogens is 1. The maximum absolute atomic E-state index is 12.7. The first-order chi connectivity index (χ1) is 13.9. The molecule has 2 fully saturated rings. The third kappa shape index (κ3) is 4.33. The molecule has 2 aromatic rings. The van der Waals surface area contributed by atoms with E-state index in [1.165, 1.54) is 6.08 Å². The van der Waals surface area contributed by atoms with E-state index in [4.69, 9.17) is 5.73 Å². The Morgan fingerprint density at radius 3 is 2.55 bits per heavy atom. The highest BCUT2D eigenvalue weighted by molar-refractivity contribution is 7.89. The molecule has 1 aliphatic heterocycles. The van der Waals surface area contributed by atoms with E-state index in [0.717, 1.165) is 12.0 Å². The molecule has 152 valence electrons. The smallest absolute Gasteiger partial charge is 0.244 e. The minimum atomic E-state index is -3.39. The zero-order valence-corrected chi connectivity index (χ0v) is 16.8. The van der Waals surface area contributed by atoms with Crippen LogP contribution in [0.15, 0.2) is 59.6 Å². The lowest BCUT2D eigenvalue weighted by Gasteiger charge is -2.19. The number of nitrogens with one attached hydrogen (secondary N) is 1. The van der Waals surface area contributed by atoms with Gasteiger partial charge >= 0.3 is 0 Å². The molecule has 0 bridgehead atoms. The van der Waals surface area contributed by atoms with Crippen LogP contribution in [0.2, 0.25) is 0 Å². The second kappa shape index (κ2) is 7.96. The second-order valence-corrected chi connectivity index (χ2v) is 9.49. The van der Waals surface area contributed by atoms with Crippen molar-refractivity contribution in [3.8, 4) is 0 Å². The van der Waals surface area contributed by atoms with Gasteiger partial charge in [-0.05, 0) is 60.1 Å². The van der Waals surface area contributed by atoms with Crippen LogP contribution in [0.25, 0.3) is 6.08 Å². The number of piperidine rings is 1. The number of hydrogen-bond donors (Lipinski definition) is 2. The molecule has 3 N–H and O–H groups in total. The van der Waals surface area contributed by atoms with Crippen molar-refractivity contribution in [2.75, 3.05) is 25.4 Å². The van der Waals surface area contributed by atoms with Crippen molar-refractivity contribution < 1.29 is 13.2 Å². The Kier molecular flexibility index (Phi) is 5.38. The average Bonchev–Trinajstić information content (AvgIpc) is 3.16. The van der Waals surface area contributed by atoms with Gasteiger partial charge in [-0.2, -0.15) is 4.31 Å². The van der Waals surface area contributed by atoms with Gasteiger partial charge < -0.3 is 11.1 Å². The number of anilines is 1. The molecule has 1 aromatic heterocycles. The summed E-state index contributed by atoms with van der Waals surface area (Å²) >= 11 is 0. The highest BCUT2D eigenvalue weighted by atomic mass is 32.2. The van der Waals surface area contributed by atoms with Gasteiger partial charge in [-0.25, -0.2) is 13.4 Å². The predicted molar refractivity (Wildman–Crippen MR) is 111 cm³/mol. The Morgan fingerprint density at radius 2 is 1.90 bits per heavy atom. The van der Waals surface area contributed by atoms with Crippen LogP contribution in [0.4, 0.5) is 5.82 Å². The number of nitrogens with two attached hydrogens (primary N) is 1.